The van der Waals surface area contributed by atoms with Crippen molar-refractivity contribution >= 4 is 10.0 Å². The summed E-state index contributed by atoms with van der Waals surface area (Å²) in [6, 6.07) is 13.0. The van der Waals surface area contributed by atoms with Crippen LogP contribution in [0.5, 0.6) is 11.5 Å². The number of hydrogen-bond donors (Lipinski definition) is 1. The fourth-order valence-electron chi connectivity index (χ4n) is 2.80. The number of halogens is 2. The van der Waals surface area contributed by atoms with E-state index >= 15 is 0 Å². The predicted molar refractivity (Wildman–Crippen MR) is 92.4 cm³/mol. The van der Waals surface area contributed by atoms with Gasteiger partial charge in [0.2, 0.25) is 10.0 Å². The van der Waals surface area contributed by atoms with Crippen LogP contribution in [0.15, 0.2) is 53.4 Å². The zero-order valence-corrected chi connectivity index (χ0v) is 14.7. The Morgan fingerprint density at radius 3 is 2.62 bits per heavy atom. The summed E-state index contributed by atoms with van der Waals surface area (Å²) >= 11 is 0. The van der Waals surface area contributed by atoms with E-state index < -0.39 is 23.1 Å². The van der Waals surface area contributed by atoms with Crippen LogP contribution in [0.2, 0.25) is 0 Å². The Labute approximate surface area is 151 Å². The van der Waals surface area contributed by atoms with Gasteiger partial charge in [-0.05, 0) is 42.3 Å². The first-order chi connectivity index (χ1) is 12.5. The van der Waals surface area contributed by atoms with Crippen LogP contribution in [-0.2, 0) is 10.0 Å². The molecule has 2 aromatic rings. The van der Waals surface area contributed by atoms with Crippen molar-refractivity contribution in [1.82, 2.24) is 4.72 Å². The second-order valence-corrected chi connectivity index (χ2v) is 7.66. The third-order valence-corrected chi connectivity index (χ3v) is 5.55. The molecule has 2 aromatic carbocycles. The predicted octanol–water partition coefficient (Wildman–Crippen LogP) is 3.18. The number of para-hydroxylation sites is 1. The maximum absolute atomic E-state index is 12.5. The molecule has 1 unspecified atom stereocenters. The second-order valence-electron chi connectivity index (χ2n) is 5.90. The molecule has 3 rings (SSSR count). The minimum absolute atomic E-state index is 0.0309. The van der Waals surface area contributed by atoms with Crippen LogP contribution in [0.4, 0.5) is 8.78 Å². The van der Waals surface area contributed by atoms with Gasteiger partial charge in [-0.1, -0.05) is 18.2 Å². The van der Waals surface area contributed by atoms with Gasteiger partial charge in [-0.2, -0.15) is 0 Å². The number of rotatable bonds is 7. The molecule has 1 aliphatic rings. The van der Waals surface area contributed by atoms with Crippen LogP contribution in [0, 0.1) is 0 Å². The summed E-state index contributed by atoms with van der Waals surface area (Å²) < 4.78 is 62.2. The van der Waals surface area contributed by atoms with Crippen molar-refractivity contribution in [1.29, 1.82) is 0 Å². The lowest BCUT2D eigenvalue weighted by molar-refractivity contribution is 0.0819. The Hall–Kier alpha value is -2.19. The van der Waals surface area contributed by atoms with E-state index in [1.165, 1.54) is 24.3 Å². The van der Waals surface area contributed by atoms with E-state index in [0.29, 0.717) is 6.61 Å². The van der Waals surface area contributed by atoms with Gasteiger partial charge in [0.15, 0.2) is 0 Å². The lowest BCUT2D eigenvalue weighted by atomic mass is 9.93. The number of benzene rings is 2. The lowest BCUT2D eigenvalue weighted by Gasteiger charge is -2.26. The normalized spacial score (nSPS) is 16.8. The van der Waals surface area contributed by atoms with Gasteiger partial charge in [-0.3, -0.25) is 0 Å². The monoisotopic (exact) mass is 383 g/mol. The van der Waals surface area contributed by atoms with E-state index in [2.05, 4.69) is 4.72 Å². The molecule has 0 aliphatic carbocycles. The number of sulfonamides is 1. The highest BCUT2D eigenvalue weighted by Crippen LogP contribution is 2.33. The maximum atomic E-state index is 12.5. The molecule has 1 atom stereocenters. The van der Waals surface area contributed by atoms with Gasteiger partial charge in [-0.15, -0.1) is 0 Å². The second kappa shape index (κ2) is 8.01. The smallest absolute Gasteiger partial charge is 0.272 e. The van der Waals surface area contributed by atoms with Crippen LogP contribution in [0.25, 0.3) is 0 Å². The largest absolute Gasteiger partial charge is 0.493 e. The summed E-state index contributed by atoms with van der Waals surface area (Å²) in [5, 5.41) is 0. The molecule has 0 fully saturated rings. The number of hydrogen-bond acceptors (Lipinski definition) is 4. The Morgan fingerprint density at radius 1 is 1.15 bits per heavy atom. The molecule has 1 N–H and O–H groups in total. The van der Waals surface area contributed by atoms with Gasteiger partial charge in [-0.25, -0.2) is 21.9 Å². The SMILES string of the molecule is O=S(=O)(NCC1CCOc2ccccc21)c1ccc(OCC(F)F)cc1. The van der Waals surface area contributed by atoms with Gasteiger partial charge in [0.05, 0.1) is 11.5 Å². The maximum Gasteiger partial charge on any atom is 0.272 e. The molecule has 0 radical (unpaired) electrons. The first kappa shape index (κ1) is 18.6. The molecule has 0 saturated carbocycles. The van der Waals surface area contributed by atoms with E-state index in [-0.39, 0.29) is 23.1 Å². The van der Waals surface area contributed by atoms with E-state index in [1.54, 1.807) is 0 Å². The molecule has 140 valence electrons. The third-order valence-electron chi connectivity index (χ3n) is 4.11. The summed E-state index contributed by atoms with van der Waals surface area (Å²) in [5.74, 6) is 1.01. The molecular weight excluding hydrogens is 364 g/mol. The standard InChI is InChI=1S/C18H19F2NO4S/c19-18(20)12-25-14-5-7-15(8-6-14)26(22,23)21-11-13-9-10-24-17-4-2-1-3-16(13)17/h1-8,13,18,21H,9-12H2. The molecule has 26 heavy (non-hydrogen) atoms. The quantitative estimate of drug-likeness (QED) is 0.798. The first-order valence-corrected chi connectivity index (χ1v) is 9.66. The van der Waals surface area contributed by atoms with Crippen molar-refractivity contribution in [3.05, 3.63) is 54.1 Å². The van der Waals surface area contributed by atoms with Crippen LogP contribution in [0.3, 0.4) is 0 Å². The highest BCUT2D eigenvalue weighted by atomic mass is 32.2. The number of fused-ring (bicyclic) bond motifs is 1. The van der Waals surface area contributed by atoms with Crippen LogP contribution in [0.1, 0.15) is 17.9 Å². The number of nitrogens with one attached hydrogen (secondary N) is 1. The Morgan fingerprint density at radius 2 is 1.88 bits per heavy atom. The average molecular weight is 383 g/mol. The van der Waals surface area contributed by atoms with Gasteiger partial charge < -0.3 is 9.47 Å². The highest BCUT2D eigenvalue weighted by molar-refractivity contribution is 7.89. The van der Waals surface area contributed by atoms with Crippen molar-refractivity contribution in [3.63, 3.8) is 0 Å². The fraction of sp³-hybridized carbons (Fsp3) is 0.333. The van der Waals surface area contributed by atoms with Crippen molar-refractivity contribution in [2.75, 3.05) is 19.8 Å². The zero-order chi connectivity index (χ0) is 18.6. The molecule has 0 amide bonds. The van der Waals surface area contributed by atoms with Crippen LogP contribution >= 0.6 is 0 Å². The minimum Gasteiger partial charge on any atom is -0.493 e. The van der Waals surface area contributed by atoms with Crippen molar-refractivity contribution in [2.24, 2.45) is 0 Å². The molecule has 5 nitrogen and oxygen atoms in total. The Balaban J connectivity index is 1.64. The molecule has 0 bridgehead atoms. The molecule has 0 saturated heterocycles. The van der Waals surface area contributed by atoms with E-state index in [1.807, 2.05) is 24.3 Å². The molecule has 8 heteroatoms. The molecule has 0 spiro atoms. The topological polar surface area (TPSA) is 64.6 Å². The fourth-order valence-corrected chi connectivity index (χ4v) is 3.88. The van der Waals surface area contributed by atoms with E-state index in [0.717, 1.165) is 17.7 Å². The van der Waals surface area contributed by atoms with E-state index in [4.69, 9.17) is 9.47 Å². The zero-order valence-electron chi connectivity index (χ0n) is 13.9. The van der Waals surface area contributed by atoms with Crippen molar-refractivity contribution in [2.45, 2.75) is 23.7 Å². The average Bonchev–Trinajstić information content (AvgIpc) is 2.65. The van der Waals surface area contributed by atoms with Gasteiger partial charge in [0.1, 0.15) is 18.1 Å². The van der Waals surface area contributed by atoms with Gasteiger partial charge >= 0.3 is 0 Å². The van der Waals surface area contributed by atoms with E-state index in [9.17, 15) is 17.2 Å². The first-order valence-electron chi connectivity index (χ1n) is 8.18. The summed E-state index contributed by atoms with van der Waals surface area (Å²) in [4.78, 5) is 0.0576. The third kappa shape index (κ3) is 4.50. The lowest BCUT2D eigenvalue weighted by Crippen LogP contribution is -2.30. The Kier molecular flexibility index (Phi) is 5.73. The highest BCUT2D eigenvalue weighted by Gasteiger charge is 2.23. The summed E-state index contributed by atoms with van der Waals surface area (Å²) in [5.41, 5.74) is 0.984. The van der Waals surface area contributed by atoms with Crippen molar-refractivity contribution in [3.8, 4) is 11.5 Å². The summed E-state index contributed by atoms with van der Waals surface area (Å²) in [6.07, 6.45) is -1.86. The molecule has 0 aromatic heterocycles. The molecule has 1 heterocycles. The molecule has 1 aliphatic heterocycles. The number of ether oxygens (including phenoxy) is 2. The number of alkyl halides is 2. The van der Waals surface area contributed by atoms with Gasteiger partial charge in [0.25, 0.3) is 6.43 Å². The molecular formula is C18H19F2NO4S. The van der Waals surface area contributed by atoms with Crippen molar-refractivity contribution < 1.29 is 26.7 Å². The van der Waals surface area contributed by atoms with Crippen LogP contribution in [-0.4, -0.2) is 34.6 Å². The summed E-state index contributed by atoms with van der Waals surface area (Å²) in [6.45, 7) is 0.0689. The minimum atomic E-state index is -3.70. The Bertz CT molecular complexity index is 841. The summed E-state index contributed by atoms with van der Waals surface area (Å²) in [7, 11) is -3.70. The van der Waals surface area contributed by atoms with Gasteiger partial charge in [0, 0.05) is 12.5 Å². The van der Waals surface area contributed by atoms with Crippen LogP contribution < -0.4 is 14.2 Å².